The molecule has 0 saturated carbocycles. The number of likely N-dealkylation sites (N-methyl/N-ethyl adjacent to an activating group) is 1. The first-order valence-electron chi connectivity index (χ1n) is 33.9. The highest BCUT2D eigenvalue weighted by molar-refractivity contribution is 7.45. The van der Waals surface area contributed by atoms with Gasteiger partial charge in [0.05, 0.1) is 27.7 Å². The van der Waals surface area contributed by atoms with E-state index in [1.54, 1.807) is 0 Å². The number of carbonyl (C=O) groups is 2. The lowest BCUT2D eigenvalue weighted by Crippen LogP contribution is -2.37. The van der Waals surface area contributed by atoms with Gasteiger partial charge in [-0.2, -0.15) is 0 Å². The van der Waals surface area contributed by atoms with Crippen LogP contribution in [0, 0.1) is 0 Å². The van der Waals surface area contributed by atoms with Gasteiger partial charge >= 0.3 is 11.9 Å². The minimum Gasteiger partial charge on any atom is -0.756 e. The molecule has 2 atom stereocenters. The number of allylic oxidation sites excluding steroid dienone is 22. The Morgan fingerprint density at radius 2 is 0.643 bits per heavy atom. The van der Waals surface area contributed by atoms with Gasteiger partial charge in [-0.05, 0) is 109 Å². The first kappa shape index (κ1) is 80.2. The largest absolute Gasteiger partial charge is 0.756 e. The van der Waals surface area contributed by atoms with Gasteiger partial charge in [-0.1, -0.05) is 282 Å². The van der Waals surface area contributed by atoms with E-state index in [2.05, 4.69) is 148 Å². The molecule has 0 aliphatic rings. The number of phosphoric ester groups is 1. The molecular weight excluding hydrogens is 1060 g/mol. The molecule has 0 amide bonds. The molecule has 0 aromatic carbocycles. The Balaban J connectivity index is 4.04. The van der Waals surface area contributed by atoms with Crippen LogP contribution in [0.15, 0.2) is 134 Å². The molecule has 0 aromatic rings. The highest BCUT2D eigenvalue weighted by Crippen LogP contribution is 2.38. The van der Waals surface area contributed by atoms with Crippen LogP contribution in [-0.4, -0.2) is 70.0 Å². The average Bonchev–Trinajstić information content (AvgIpc) is 3.61. The first-order valence-corrected chi connectivity index (χ1v) is 35.4. The maximum absolute atomic E-state index is 12.9. The summed E-state index contributed by atoms with van der Waals surface area (Å²) in [4.78, 5) is 38.0. The number of ether oxygens (including phenoxy) is 2. The van der Waals surface area contributed by atoms with Crippen molar-refractivity contribution in [2.45, 2.75) is 277 Å². The van der Waals surface area contributed by atoms with E-state index < -0.39 is 32.5 Å². The number of hydrogen-bond donors (Lipinski definition) is 0. The van der Waals surface area contributed by atoms with E-state index in [-0.39, 0.29) is 26.1 Å². The summed E-state index contributed by atoms with van der Waals surface area (Å²) >= 11 is 0. The lowest BCUT2D eigenvalue weighted by molar-refractivity contribution is -0.870. The Labute approximate surface area is 517 Å². The summed E-state index contributed by atoms with van der Waals surface area (Å²) in [5.41, 5.74) is 0. The molecule has 0 rings (SSSR count). The van der Waals surface area contributed by atoms with Gasteiger partial charge in [-0.15, -0.1) is 0 Å². The lowest BCUT2D eigenvalue weighted by atomic mass is 10.0. The molecule has 480 valence electrons. The number of carbonyl (C=O) groups excluding carboxylic acids is 2. The number of unbranched alkanes of at least 4 members (excludes halogenated alkanes) is 25. The first-order chi connectivity index (χ1) is 41.0. The van der Waals surface area contributed by atoms with Gasteiger partial charge in [0.25, 0.3) is 7.82 Å². The van der Waals surface area contributed by atoms with Crippen LogP contribution in [0.25, 0.3) is 0 Å². The summed E-state index contributed by atoms with van der Waals surface area (Å²) in [6.07, 6.45) is 92.4. The van der Waals surface area contributed by atoms with Crippen molar-refractivity contribution in [1.82, 2.24) is 0 Å². The normalized spacial score (nSPS) is 14.0. The van der Waals surface area contributed by atoms with Crippen molar-refractivity contribution in [2.24, 2.45) is 0 Å². The molecule has 2 unspecified atom stereocenters. The third-order valence-corrected chi connectivity index (χ3v) is 15.1. The molecule has 0 radical (unpaired) electrons. The van der Waals surface area contributed by atoms with Crippen molar-refractivity contribution < 1.29 is 42.1 Å². The van der Waals surface area contributed by atoms with Crippen molar-refractivity contribution in [3.05, 3.63) is 134 Å². The molecule has 10 heteroatoms. The standard InChI is InChI=1S/C74H126NO8P/c1-6-8-10-12-14-16-18-20-22-24-26-28-29-30-31-32-33-34-35-36-37-38-39-40-41-42-43-44-45-47-49-51-53-55-57-59-61-63-65-67-74(77)83-72(71-82-84(78,79)81-69-68-75(3,4)5)70-80-73(76)66-64-62-60-58-56-54-52-50-48-46-27-25-23-21-19-17-15-13-11-9-7-2/h8-11,14-17,20-23,26-28,30-31,33-34,36-37,46,72H,6-7,12-13,18-19,24-25,29,32,35,38-45,47-71H2,1-5H3/b10-8-,11-9-,16-14-,17-15-,22-20-,23-21-,28-26-,31-30-,34-33-,37-36-,46-27-. The third-order valence-electron chi connectivity index (χ3n) is 14.2. The predicted octanol–water partition coefficient (Wildman–Crippen LogP) is 21.4. The Morgan fingerprint density at radius 3 is 0.952 bits per heavy atom. The molecule has 84 heavy (non-hydrogen) atoms. The number of rotatable bonds is 61. The molecule has 0 fully saturated rings. The molecule has 0 N–H and O–H groups in total. The number of phosphoric acid groups is 1. The van der Waals surface area contributed by atoms with E-state index in [0.717, 1.165) is 122 Å². The Hall–Kier alpha value is -3.85. The molecule has 0 spiro atoms. The topological polar surface area (TPSA) is 111 Å². The second-order valence-electron chi connectivity index (χ2n) is 23.4. The molecule has 0 bridgehead atoms. The van der Waals surface area contributed by atoms with E-state index in [0.29, 0.717) is 17.4 Å². The van der Waals surface area contributed by atoms with Crippen molar-refractivity contribution in [3.8, 4) is 0 Å². The molecule has 9 nitrogen and oxygen atoms in total. The zero-order valence-corrected chi connectivity index (χ0v) is 55.4. The molecule has 0 aliphatic carbocycles. The van der Waals surface area contributed by atoms with E-state index in [4.69, 9.17) is 18.5 Å². The molecule has 0 aromatic heterocycles. The second kappa shape index (κ2) is 63.6. The van der Waals surface area contributed by atoms with Crippen molar-refractivity contribution in [1.29, 1.82) is 0 Å². The van der Waals surface area contributed by atoms with Crippen LogP contribution in [-0.2, 0) is 32.7 Å². The Kier molecular flexibility index (Phi) is 60.7. The predicted molar refractivity (Wildman–Crippen MR) is 360 cm³/mol. The van der Waals surface area contributed by atoms with Gasteiger partial charge in [0.1, 0.15) is 19.8 Å². The van der Waals surface area contributed by atoms with Crippen LogP contribution in [0.2, 0.25) is 0 Å². The zero-order valence-electron chi connectivity index (χ0n) is 54.6. The minimum atomic E-state index is -4.65. The fourth-order valence-corrected chi connectivity index (χ4v) is 9.77. The summed E-state index contributed by atoms with van der Waals surface area (Å²) in [6.45, 7) is 4.01. The van der Waals surface area contributed by atoms with E-state index in [9.17, 15) is 19.0 Å². The maximum Gasteiger partial charge on any atom is 0.306 e. The van der Waals surface area contributed by atoms with Crippen LogP contribution in [0.5, 0.6) is 0 Å². The van der Waals surface area contributed by atoms with Crippen LogP contribution in [0.1, 0.15) is 271 Å². The van der Waals surface area contributed by atoms with Crippen LogP contribution in [0.4, 0.5) is 0 Å². The smallest absolute Gasteiger partial charge is 0.306 e. The van der Waals surface area contributed by atoms with Crippen LogP contribution < -0.4 is 4.89 Å². The highest BCUT2D eigenvalue weighted by atomic mass is 31.2. The number of esters is 2. The van der Waals surface area contributed by atoms with Crippen molar-refractivity contribution in [2.75, 3.05) is 47.5 Å². The second-order valence-corrected chi connectivity index (χ2v) is 24.8. The summed E-state index contributed by atoms with van der Waals surface area (Å²) in [6, 6.07) is 0. The van der Waals surface area contributed by atoms with Gasteiger partial charge in [0, 0.05) is 12.8 Å². The maximum atomic E-state index is 12.9. The summed E-state index contributed by atoms with van der Waals surface area (Å²) in [5.74, 6) is -0.842. The lowest BCUT2D eigenvalue weighted by Gasteiger charge is -2.28. The van der Waals surface area contributed by atoms with Gasteiger partial charge in [-0.3, -0.25) is 14.2 Å². The van der Waals surface area contributed by atoms with E-state index in [1.165, 1.54) is 116 Å². The van der Waals surface area contributed by atoms with Crippen LogP contribution in [0.3, 0.4) is 0 Å². The number of hydrogen-bond acceptors (Lipinski definition) is 8. The van der Waals surface area contributed by atoms with E-state index >= 15 is 0 Å². The number of nitrogens with zero attached hydrogens (tertiary/aromatic N) is 1. The molecule has 0 heterocycles. The summed E-state index contributed by atoms with van der Waals surface area (Å²) in [5, 5.41) is 0. The molecule has 0 aliphatic heterocycles. The molecular formula is C74H126NO8P. The fourth-order valence-electron chi connectivity index (χ4n) is 9.04. The third kappa shape index (κ3) is 67.3. The van der Waals surface area contributed by atoms with Crippen molar-refractivity contribution >= 4 is 19.8 Å². The highest BCUT2D eigenvalue weighted by Gasteiger charge is 2.22. The Morgan fingerprint density at radius 1 is 0.369 bits per heavy atom. The van der Waals surface area contributed by atoms with Crippen LogP contribution >= 0.6 is 7.82 Å². The summed E-state index contributed by atoms with van der Waals surface area (Å²) in [7, 11) is 1.15. The molecule has 0 saturated heterocycles. The number of quaternary nitrogens is 1. The quantitative estimate of drug-likeness (QED) is 0.0195. The zero-order chi connectivity index (χ0) is 61.2. The average molecular weight is 1190 g/mol. The SMILES string of the molecule is CC/C=C\C/C=C\C/C=C\C/C=C\C/C=C\C/C=C\C/C=C\CCCCCCCCCCCCCCCCCCCC(=O)OC(COC(=O)CCCCCCCCCC/C=C\C/C=C\C/C=C\C/C=C\CC)COP(=O)([O-])OCC[N+](C)(C)C. The summed E-state index contributed by atoms with van der Waals surface area (Å²) < 4.78 is 34.3. The van der Waals surface area contributed by atoms with E-state index in [1.807, 2.05) is 21.1 Å². The fraction of sp³-hybridized carbons (Fsp3) is 0.676. The Bertz CT molecular complexity index is 1880. The van der Waals surface area contributed by atoms with Gasteiger partial charge in [-0.25, -0.2) is 0 Å². The van der Waals surface area contributed by atoms with Gasteiger partial charge < -0.3 is 27.9 Å². The van der Waals surface area contributed by atoms with Gasteiger partial charge in [0.15, 0.2) is 6.10 Å². The monoisotopic (exact) mass is 1190 g/mol. The van der Waals surface area contributed by atoms with Crippen molar-refractivity contribution in [3.63, 3.8) is 0 Å². The minimum absolute atomic E-state index is 0.0370. The van der Waals surface area contributed by atoms with Gasteiger partial charge in [0.2, 0.25) is 0 Å².